The summed E-state index contributed by atoms with van der Waals surface area (Å²) < 4.78 is 5.29. The molecule has 0 radical (unpaired) electrons. The van der Waals surface area contributed by atoms with Gasteiger partial charge in [-0.3, -0.25) is 0 Å². The van der Waals surface area contributed by atoms with E-state index in [-0.39, 0.29) is 0 Å². The van der Waals surface area contributed by atoms with Crippen molar-refractivity contribution in [3.63, 3.8) is 0 Å². The van der Waals surface area contributed by atoms with E-state index in [0.29, 0.717) is 11.5 Å². The largest absolute Gasteiger partial charge is 0.380 e. The van der Waals surface area contributed by atoms with E-state index >= 15 is 0 Å². The first kappa shape index (κ1) is 10.8. The van der Waals surface area contributed by atoms with Crippen LogP contribution in [0, 0.1) is 23.2 Å². The van der Waals surface area contributed by atoms with Crippen molar-refractivity contribution in [2.24, 2.45) is 23.2 Å². The second-order valence-corrected chi connectivity index (χ2v) is 6.42. The van der Waals surface area contributed by atoms with Gasteiger partial charge in [0.25, 0.3) is 0 Å². The van der Waals surface area contributed by atoms with E-state index in [1.807, 2.05) is 0 Å². The normalized spacial score (nSPS) is 41.0. The first-order valence-corrected chi connectivity index (χ1v) is 6.66. The van der Waals surface area contributed by atoms with Crippen LogP contribution in [0.2, 0.25) is 0 Å². The fourth-order valence-electron chi connectivity index (χ4n) is 3.51. The number of fused-ring (bicyclic) bond motifs is 2. The van der Waals surface area contributed by atoms with Crippen LogP contribution in [0.3, 0.4) is 0 Å². The molecular weight excluding hydrogens is 198 g/mol. The summed E-state index contributed by atoms with van der Waals surface area (Å²) in [6.45, 7) is 7.66. The SMILES string of the molecule is CC(NCC1(C)COC1)C1CC2C=CC1C2. The minimum atomic E-state index is 0.404. The average Bonchev–Trinajstić information content (AvgIpc) is 2.84. The molecule has 90 valence electrons. The van der Waals surface area contributed by atoms with Crippen molar-refractivity contribution in [1.29, 1.82) is 0 Å². The molecule has 2 fully saturated rings. The third kappa shape index (κ3) is 1.82. The van der Waals surface area contributed by atoms with Crippen molar-refractivity contribution in [1.82, 2.24) is 5.32 Å². The maximum Gasteiger partial charge on any atom is 0.0554 e. The second kappa shape index (κ2) is 3.85. The van der Waals surface area contributed by atoms with Gasteiger partial charge in [-0.2, -0.15) is 0 Å². The predicted molar refractivity (Wildman–Crippen MR) is 65.2 cm³/mol. The Morgan fingerprint density at radius 1 is 1.38 bits per heavy atom. The molecule has 0 aromatic heterocycles. The molecule has 2 nitrogen and oxygen atoms in total. The molecule has 0 aromatic carbocycles. The van der Waals surface area contributed by atoms with E-state index in [1.54, 1.807) is 0 Å². The van der Waals surface area contributed by atoms with Crippen molar-refractivity contribution in [3.05, 3.63) is 12.2 Å². The van der Waals surface area contributed by atoms with Crippen LogP contribution < -0.4 is 5.32 Å². The van der Waals surface area contributed by atoms with Crippen LogP contribution in [-0.2, 0) is 4.74 Å². The van der Waals surface area contributed by atoms with Gasteiger partial charge >= 0.3 is 0 Å². The van der Waals surface area contributed by atoms with Gasteiger partial charge in [-0.05, 0) is 37.5 Å². The third-order valence-corrected chi connectivity index (χ3v) is 4.72. The van der Waals surface area contributed by atoms with E-state index in [9.17, 15) is 0 Å². The molecule has 2 aliphatic carbocycles. The van der Waals surface area contributed by atoms with Gasteiger partial charge in [0.15, 0.2) is 0 Å². The fourth-order valence-corrected chi connectivity index (χ4v) is 3.51. The monoisotopic (exact) mass is 221 g/mol. The summed E-state index contributed by atoms with van der Waals surface area (Å²) in [5.41, 5.74) is 0.404. The zero-order valence-corrected chi connectivity index (χ0v) is 10.4. The molecule has 4 unspecified atom stereocenters. The number of nitrogens with one attached hydrogen (secondary N) is 1. The van der Waals surface area contributed by atoms with Gasteiger partial charge in [-0.15, -0.1) is 0 Å². The molecular formula is C14H23NO. The van der Waals surface area contributed by atoms with Crippen molar-refractivity contribution in [2.75, 3.05) is 19.8 Å². The van der Waals surface area contributed by atoms with Crippen LogP contribution in [0.1, 0.15) is 26.7 Å². The van der Waals surface area contributed by atoms with Crippen molar-refractivity contribution < 1.29 is 4.74 Å². The third-order valence-electron chi connectivity index (χ3n) is 4.72. The second-order valence-electron chi connectivity index (χ2n) is 6.42. The maximum atomic E-state index is 5.29. The van der Waals surface area contributed by atoms with Crippen LogP contribution in [0.5, 0.6) is 0 Å². The lowest BCUT2D eigenvalue weighted by Gasteiger charge is -2.40. The lowest BCUT2D eigenvalue weighted by Crippen LogP contribution is -2.50. The zero-order chi connectivity index (χ0) is 11.2. The summed E-state index contributed by atoms with van der Waals surface area (Å²) >= 11 is 0. The molecule has 2 heteroatoms. The van der Waals surface area contributed by atoms with E-state index in [4.69, 9.17) is 4.74 Å². The standard InChI is InChI=1S/C14H23NO/c1-10(15-7-14(2)8-16-9-14)13-6-11-3-4-12(13)5-11/h3-4,10-13,15H,5-9H2,1-2H3. The molecule has 1 heterocycles. The Bertz CT molecular complexity index is 295. The van der Waals surface area contributed by atoms with Gasteiger partial charge in [-0.1, -0.05) is 19.1 Å². The Morgan fingerprint density at radius 3 is 2.69 bits per heavy atom. The highest BCUT2D eigenvalue weighted by Gasteiger charge is 2.39. The van der Waals surface area contributed by atoms with E-state index < -0.39 is 0 Å². The van der Waals surface area contributed by atoms with Crippen molar-refractivity contribution in [3.8, 4) is 0 Å². The molecule has 1 N–H and O–H groups in total. The molecule has 0 amide bonds. The first-order chi connectivity index (χ1) is 7.66. The molecule has 0 aromatic rings. The number of allylic oxidation sites excluding steroid dienone is 2. The molecule has 1 saturated heterocycles. The lowest BCUT2D eigenvalue weighted by atomic mass is 9.85. The number of ether oxygens (including phenoxy) is 1. The lowest BCUT2D eigenvalue weighted by molar-refractivity contribution is -0.100. The van der Waals surface area contributed by atoms with Crippen LogP contribution in [0.15, 0.2) is 12.2 Å². The molecule has 2 bridgehead atoms. The molecule has 4 atom stereocenters. The summed E-state index contributed by atoms with van der Waals surface area (Å²) in [6.07, 6.45) is 7.69. The molecule has 1 aliphatic heterocycles. The zero-order valence-electron chi connectivity index (χ0n) is 10.4. The van der Waals surface area contributed by atoms with Crippen LogP contribution in [-0.4, -0.2) is 25.8 Å². The van der Waals surface area contributed by atoms with Gasteiger partial charge in [0.2, 0.25) is 0 Å². The maximum absolute atomic E-state index is 5.29. The Labute approximate surface area is 98.4 Å². The minimum absolute atomic E-state index is 0.404. The Morgan fingerprint density at radius 2 is 2.19 bits per heavy atom. The first-order valence-electron chi connectivity index (χ1n) is 6.66. The fraction of sp³-hybridized carbons (Fsp3) is 0.857. The molecule has 16 heavy (non-hydrogen) atoms. The molecule has 1 saturated carbocycles. The Balaban J connectivity index is 1.50. The highest BCUT2D eigenvalue weighted by molar-refractivity contribution is 5.11. The summed E-state index contributed by atoms with van der Waals surface area (Å²) in [6, 6.07) is 0.664. The summed E-state index contributed by atoms with van der Waals surface area (Å²) in [5.74, 6) is 2.62. The minimum Gasteiger partial charge on any atom is -0.380 e. The van der Waals surface area contributed by atoms with E-state index in [0.717, 1.165) is 37.5 Å². The quantitative estimate of drug-likeness (QED) is 0.735. The van der Waals surface area contributed by atoms with E-state index in [2.05, 4.69) is 31.3 Å². The number of hydrogen-bond acceptors (Lipinski definition) is 2. The Hall–Kier alpha value is -0.340. The molecule has 3 aliphatic rings. The number of rotatable bonds is 4. The Kier molecular flexibility index (Phi) is 2.60. The molecule has 3 rings (SSSR count). The van der Waals surface area contributed by atoms with Gasteiger partial charge in [0.1, 0.15) is 0 Å². The van der Waals surface area contributed by atoms with E-state index in [1.165, 1.54) is 12.8 Å². The predicted octanol–water partition coefficient (Wildman–Crippen LogP) is 2.21. The van der Waals surface area contributed by atoms with Crippen LogP contribution in [0.4, 0.5) is 0 Å². The number of hydrogen-bond donors (Lipinski definition) is 1. The van der Waals surface area contributed by atoms with Crippen molar-refractivity contribution in [2.45, 2.75) is 32.7 Å². The summed E-state index contributed by atoms with van der Waals surface area (Å²) in [5, 5.41) is 3.74. The van der Waals surface area contributed by atoms with Crippen LogP contribution >= 0.6 is 0 Å². The highest BCUT2D eigenvalue weighted by Crippen LogP contribution is 2.44. The summed E-state index contributed by atoms with van der Waals surface area (Å²) in [4.78, 5) is 0. The van der Waals surface area contributed by atoms with Crippen LogP contribution in [0.25, 0.3) is 0 Å². The van der Waals surface area contributed by atoms with Gasteiger partial charge in [0, 0.05) is 18.0 Å². The topological polar surface area (TPSA) is 21.3 Å². The highest BCUT2D eigenvalue weighted by atomic mass is 16.5. The van der Waals surface area contributed by atoms with Gasteiger partial charge in [0.05, 0.1) is 13.2 Å². The average molecular weight is 221 g/mol. The summed E-state index contributed by atoms with van der Waals surface area (Å²) in [7, 11) is 0. The molecule has 0 spiro atoms. The smallest absolute Gasteiger partial charge is 0.0554 e. The van der Waals surface area contributed by atoms with Gasteiger partial charge < -0.3 is 10.1 Å². The van der Waals surface area contributed by atoms with Gasteiger partial charge in [-0.25, -0.2) is 0 Å². The van der Waals surface area contributed by atoms with Crippen molar-refractivity contribution >= 4 is 0 Å².